The van der Waals surface area contributed by atoms with Crippen LogP contribution in [0.4, 0.5) is 0 Å². The van der Waals surface area contributed by atoms with Gasteiger partial charge < -0.3 is 4.57 Å². The van der Waals surface area contributed by atoms with E-state index in [1.54, 1.807) is 0 Å². The van der Waals surface area contributed by atoms with Crippen LogP contribution in [0.3, 0.4) is 0 Å². The van der Waals surface area contributed by atoms with Crippen LogP contribution in [0.5, 0.6) is 0 Å². The van der Waals surface area contributed by atoms with Crippen molar-refractivity contribution in [2.75, 3.05) is 0 Å². The highest BCUT2D eigenvalue weighted by Crippen LogP contribution is 2.64. The number of aromatic nitrogens is 1. The Labute approximate surface area is 290 Å². The van der Waals surface area contributed by atoms with Gasteiger partial charge in [0.05, 0.1) is 22.1 Å². The lowest BCUT2D eigenvalue weighted by molar-refractivity contribution is 0.794. The third-order valence-electron chi connectivity index (χ3n) is 11.8. The van der Waals surface area contributed by atoms with Crippen molar-refractivity contribution in [1.82, 2.24) is 4.57 Å². The average Bonchev–Trinajstić information content (AvgIpc) is 3.76. The molecule has 0 amide bonds. The van der Waals surface area contributed by atoms with Gasteiger partial charge in [-0.1, -0.05) is 152 Å². The lowest BCUT2D eigenvalue weighted by Gasteiger charge is -2.30. The monoisotopic (exact) mass is 631 g/mol. The van der Waals surface area contributed by atoms with Crippen molar-refractivity contribution in [2.24, 2.45) is 0 Å². The maximum Gasteiger partial charge on any atom is 0.0725 e. The van der Waals surface area contributed by atoms with E-state index < -0.39 is 0 Å². The SMILES string of the molecule is c1ccc2c(c1)-c1ccccc1-n1c3ccccc3c3cc(-c4cccc5c4-c4ccccc4C54c5ccccc5-c5ccccc54)cc-2c31. The van der Waals surface area contributed by atoms with Gasteiger partial charge >= 0.3 is 0 Å². The van der Waals surface area contributed by atoms with Crippen LogP contribution in [0.1, 0.15) is 22.3 Å². The van der Waals surface area contributed by atoms with E-state index in [0.29, 0.717) is 0 Å². The molecule has 1 nitrogen and oxygen atoms in total. The molecular weight excluding hydrogens is 603 g/mol. The first-order valence-electron chi connectivity index (χ1n) is 17.5. The smallest absolute Gasteiger partial charge is 0.0725 e. The van der Waals surface area contributed by atoms with Gasteiger partial charge in [0.1, 0.15) is 0 Å². The normalized spacial score (nSPS) is 13.8. The van der Waals surface area contributed by atoms with Crippen LogP contribution in [-0.2, 0) is 5.41 Å². The molecule has 0 saturated carbocycles. The summed E-state index contributed by atoms with van der Waals surface area (Å²) in [5, 5.41) is 2.57. The summed E-state index contributed by atoms with van der Waals surface area (Å²) in [5.74, 6) is 0. The lowest BCUT2D eigenvalue weighted by atomic mass is 9.70. The first-order valence-corrected chi connectivity index (χ1v) is 17.5. The quantitative estimate of drug-likeness (QED) is 0.170. The van der Waals surface area contributed by atoms with E-state index in [9.17, 15) is 0 Å². The minimum atomic E-state index is -0.366. The highest BCUT2D eigenvalue weighted by Gasteiger charge is 2.52. The number of benzene rings is 8. The molecular formula is C49H29N. The molecule has 12 rings (SSSR count). The number of rotatable bonds is 1. The van der Waals surface area contributed by atoms with Gasteiger partial charge in [-0.25, -0.2) is 0 Å². The van der Waals surface area contributed by atoms with Crippen LogP contribution < -0.4 is 0 Å². The molecule has 3 aliphatic rings. The van der Waals surface area contributed by atoms with Crippen molar-refractivity contribution in [2.45, 2.75) is 5.41 Å². The summed E-state index contributed by atoms with van der Waals surface area (Å²) >= 11 is 0. The summed E-state index contributed by atoms with van der Waals surface area (Å²) in [7, 11) is 0. The third-order valence-corrected chi connectivity index (χ3v) is 11.8. The van der Waals surface area contributed by atoms with Crippen molar-refractivity contribution in [3.05, 3.63) is 198 Å². The summed E-state index contributed by atoms with van der Waals surface area (Å²) in [4.78, 5) is 0. The maximum absolute atomic E-state index is 2.51. The van der Waals surface area contributed by atoms with Crippen molar-refractivity contribution in [1.29, 1.82) is 0 Å². The molecule has 0 bridgehead atoms. The summed E-state index contributed by atoms with van der Waals surface area (Å²) in [5.41, 5.74) is 21.8. The Morgan fingerprint density at radius 1 is 0.340 bits per heavy atom. The molecule has 0 saturated heterocycles. The first kappa shape index (κ1) is 26.5. The topological polar surface area (TPSA) is 4.93 Å². The standard InChI is InChI=1S/C49H29N/c1-2-15-33-32(14-1)36-18-6-11-26-45(36)50-46-27-12-7-19-37(46)40-29-30(28-39(33)48(40)50)31-21-13-25-44-47(31)38-20-5-10-24-43(38)49(44)41-22-8-3-16-34(41)35-17-4-9-23-42(35)49/h1-29H. The first-order chi connectivity index (χ1) is 24.8. The molecule has 2 heterocycles. The van der Waals surface area contributed by atoms with E-state index >= 15 is 0 Å². The van der Waals surface area contributed by atoms with Crippen molar-refractivity contribution < 1.29 is 0 Å². The molecule has 0 N–H and O–H groups in total. The predicted octanol–water partition coefficient (Wildman–Crippen LogP) is 12.4. The Balaban J connectivity index is 1.23. The molecule has 1 heteroatoms. The van der Waals surface area contributed by atoms with Crippen LogP contribution in [0, 0.1) is 0 Å². The molecule has 1 aromatic heterocycles. The van der Waals surface area contributed by atoms with Crippen LogP contribution in [-0.4, -0.2) is 4.57 Å². The number of nitrogens with zero attached hydrogens (tertiary/aromatic N) is 1. The van der Waals surface area contributed by atoms with E-state index in [1.807, 2.05) is 0 Å². The largest absolute Gasteiger partial charge is 0.308 e. The average molecular weight is 632 g/mol. The Bertz CT molecular complexity index is 2890. The van der Waals surface area contributed by atoms with Gasteiger partial charge in [0, 0.05) is 21.9 Å². The highest BCUT2D eigenvalue weighted by atomic mass is 15.0. The van der Waals surface area contributed by atoms with E-state index in [0.717, 1.165) is 0 Å². The maximum atomic E-state index is 2.51. The number of para-hydroxylation sites is 2. The van der Waals surface area contributed by atoms with Gasteiger partial charge in [-0.3, -0.25) is 0 Å². The van der Waals surface area contributed by atoms with Gasteiger partial charge in [0.2, 0.25) is 0 Å². The van der Waals surface area contributed by atoms with E-state index in [2.05, 4.69) is 180 Å². The zero-order valence-electron chi connectivity index (χ0n) is 27.2. The van der Waals surface area contributed by atoms with E-state index in [4.69, 9.17) is 0 Å². The molecule has 1 spiro atoms. The minimum Gasteiger partial charge on any atom is -0.308 e. The van der Waals surface area contributed by atoms with Gasteiger partial charge in [0.25, 0.3) is 0 Å². The molecule has 50 heavy (non-hydrogen) atoms. The van der Waals surface area contributed by atoms with Crippen LogP contribution in [0.15, 0.2) is 176 Å². The summed E-state index contributed by atoms with van der Waals surface area (Å²) in [6.07, 6.45) is 0. The predicted molar refractivity (Wildman–Crippen MR) is 207 cm³/mol. The fraction of sp³-hybridized carbons (Fsp3) is 0.0204. The fourth-order valence-corrected chi connectivity index (χ4v) is 9.94. The molecule has 1 aliphatic heterocycles. The van der Waals surface area contributed by atoms with Gasteiger partial charge in [-0.15, -0.1) is 0 Å². The molecule has 0 atom stereocenters. The number of hydrogen-bond donors (Lipinski definition) is 0. The van der Waals surface area contributed by atoms with Gasteiger partial charge in [-0.2, -0.15) is 0 Å². The molecule has 0 radical (unpaired) electrons. The Kier molecular flexibility index (Phi) is 4.97. The second-order valence-corrected chi connectivity index (χ2v) is 14.0. The highest BCUT2D eigenvalue weighted by molar-refractivity contribution is 6.18. The lowest BCUT2D eigenvalue weighted by Crippen LogP contribution is -2.25. The Morgan fingerprint density at radius 2 is 0.860 bits per heavy atom. The molecule has 8 aromatic carbocycles. The summed E-state index contributed by atoms with van der Waals surface area (Å²) < 4.78 is 2.51. The molecule has 0 fully saturated rings. The second-order valence-electron chi connectivity index (χ2n) is 14.0. The molecule has 0 unspecified atom stereocenters. The molecule has 230 valence electrons. The Hall–Kier alpha value is -6.44. The zero-order chi connectivity index (χ0) is 32.6. The fourth-order valence-electron chi connectivity index (χ4n) is 9.94. The van der Waals surface area contributed by atoms with E-state index in [-0.39, 0.29) is 5.41 Å². The van der Waals surface area contributed by atoms with Crippen molar-refractivity contribution in [3.8, 4) is 61.3 Å². The minimum absolute atomic E-state index is 0.366. The van der Waals surface area contributed by atoms with Crippen molar-refractivity contribution in [3.63, 3.8) is 0 Å². The molecule has 9 aromatic rings. The van der Waals surface area contributed by atoms with Crippen LogP contribution >= 0.6 is 0 Å². The zero-order valence-corrected chi connectivity index (χ0v) is 27.2. The molecule has 2 aliphatic carbocycles. The third kappa shape index (κ3) is 3.06. The van der Waals surface area contributed by atoms with Gasteiger partial charge in [0.15, 0.2) is 0 Å². The van der Waals surface area contributed by atoms with Crippen LogP contribution in [0.25, 0.3) is 83.1 Å². The number of fused-ring (bicyclic) bond motifs is 18. The van der Waals surface area contributed by atoms with Gasteiger partial charge in [-0.05, 0) is 91.0 Å². The summed E-state index contributed by atoms with van der Waals surface area (Å²) in [6, 6.07) is 66.0. The Morgan fingerprint density at radius 3 is 1.60 bits per heavy atom. The summed E-state index contributed by atoms with van der Waals surface area (Å²) in [6.45, 7) is 0. The second kappa shape index (κ2) is 9.37. The van der Waals surface area contributed by atoms with Crippen molar-refractivity contribution >= 4 is 21.8 Å². The van der Waals surface area contributed by atoms with E-state index in [1.165, 1.54) is 105 Å². The van der Waals surface area contributed by atoms with Crippen LogP contribution in [0.2, 0.25) is 0 Å². The number of hydrogen-bond acceptors (Lipinski definition) is 0.